The van der Waals surface area contributed by atoms with Crippen molar-refractivity contribution in [3.05, 3.63) is 152 Å². The Morgan fingerprint density at radius 3 is 0.912 bits per heavy atom. The van der Waals surface area contributed by atoms with Crippen LogP contribution in [0.5, 0.6) is 0 Å². The molecule has 0 bridgehead atoms. The van der Waals surface area contributed by atoms with E-state index in [9.17, 15) is 0 Å². The number of benzene rings is 8. The molecule has 14 rings (SSSR count). The molecular formula is C58H40I2S8. The second kappa shape index (κ2) is 18.4. The fraction of sp³-hybridized carbons (Fsp3) is 0.103. The van der Waals surface area contributed by atoms with Crippen LogP contribution in [0.25, 0.3) is 125 Å². The van der Waals surface area contributed by atoms with Crippen molar-refractivity contribution >= 4 is 254 Å². The third-order valence-corrected chi connectivity index (χ3v) is 21.0. The van der Waals surface area contributed by atoms with Gasteiger partial charge in [0.05, 0.1) is 9.40 Å². The molecule has 0 amide bonds. The van der Waals surface area contributed by atoms with Gasteiger partial charge in [0.25, 0.3) is 0 Å². The van der Waals surface area contributed by atoms with Crippen molar-refractivity contribution in [1.29, 1.82) is 0 Å². The second-order valence-electron chi connectivity index (χ2n) is 17.5. The number of aryl methyl sites for hydroxylation is 4. The minimum atomic E-state index is 1.28. The van der Waals surface area contributed by atoms with Crippen LogP contribution in [0.2, 0.25) is 0 Å². The van der Waals surface area contributed by atoms with Crippen LogP contribution < -0.4 is 0 Å². The largest absolute Gasteiger partial charge is 0.141 e. The summed E-state index contributed by atoms with van der Waals surface area (Å²) in [4.78, 5) is 8.13. The van der Waals surface area contributed by atoms with Crippen LogP contribution in [0, 0.1) is 27.7 Å². The van der Waals surface area contributed by atoms with E-state index >= 15 is 0 Å². The van der Waals surface area contributed by atoms with E-state index < -0.39 is 0 Å². The second-order valence-corrected chi connectivity index (χ2v) is 26.4. The first-order chi connectivity index (χ1) is 33.1. The Balaban J connectivity index is 0.000000136. The van der Waals surface area contributed by atoms with E-state index in [0.717, 1.165) is 0 Å². The first kappa shape index (κ1) is 45.8. The maximum absolute atomic E-state index is 2.42. The molecule has 0 N–H and O–H groups in total. The quantitative estimate of drug-likeness (QED) is 0.0979. The summed E-state index contributed by atoms with van der Waals surface area (Å²) in [5, 5.41) is 18.9. The molecule has 0 saturated heterocycles. The highest BCUT2D eigenvalue weighted by molar-refractivity contribution is 15.0. The summed E-state index contributed by atoms with van der Waals surface area (Å²) in [6.07, 6.45) is 8.93. The summed E-state index contributed by atoms with van der Waals surface area (Å²) in [7, 11) is 0. The zero-order valence-electron chi connectivity index (χ0n) is 37.7. The van der Waals surface area contributed by atoms with Crippen molar-refractivity contribution in [2.45, 2.75) is 37.5 Å². The maximum Gasteiger partial charge on any atom is 0.0542 e. The Morgan fingerprint density at radius 1 is 0.309 bits per heavy atom. The third kappa shape index (κ3) is 8.29. The van der Waals surface area contributed by atoms with Gasteiger partial charge >= 0.3 is 0 Å². The molecule has 68 heavy (non-hydrogen) atoms. The predicted molar refractivity (Wildman–Crippen MR) is 339 cm³/mol. The van der Waals surface area contributed by atoms with Crippen LogP contribution in [0.3, 0.4) is 0 Å². The number of hydrogen-bond acceptors (Lipinski definition) is 8. The van der Waals surface area contributed by atoms with E-state index in [1.807, 2.05) is 91.5 Å². The zero-order chi connectivity index (χ0) is 46.5. The molecule has 0 spiro atoms. The number of fused-ring (bicyclic) bond motifs is 13. The van der Waals surface area contributed by atoms with Gasteiger partial charge in [-0.15, -0.1) is 91.5 Å². The van der Waals surface area contributed by atoms with Crippen molar-refractivity contribution in [3.63, 3.8) is 0 Å². The molecule has 6 heterocycles. The highest BCUT2D eigenvalue weighted by atomic mass is 128. The molecule has 0 aliphatic rings. The molecule has 0 saturated carbocycles. The average molecular weight is 1250 g/mol. The van der Waals surface area contributed by atoms with Gasteiger partial charge in [0, 0.05) is 106 Å². The van der Waals surface area contributed by atoms with Gasteiger partial charge in [-0.2, -0.15) is 0 Å². The van der Waals surface area contributed by atoms with E-state index in [1.165, 1.54) is 153 Å². The lowest BCUT2D eigenvalue weighted by Crippen LogP contribution is -1.84. The molecule has 0 nitrogen and oxygen atoms in total. The van der Waals surface area contributed by atoms with Crippen molar-refractivity contribution in [2.24, 2.45) is 0 Å². The average Bonchev–Trinajstić information content (AvgIpc) is 4.18. The Bertz CT molecular complexity index is 4100. The smallest absolute Gasteiger partial charge is 0.0542 e. The third-order valence-electron chi connectivity index (χ3n) is 12.9. The van der Waals surface area contributed by atoms with Crippen LogP contribution in [-0.2, 0) is 0 Å². The summed E-state index contributed by atoms with van der Waals surface area (Å²) in [6.45, 7) is 8.77. The zero-order valence-corrected chi connectivity index (χ0v) is 48.6. The molecular weight excluding hydrogens is 1210 g/mol. The lowest BCUT2D eigenvalue weighted by atomic mass is 10.0. The number of rotatable bonds is 4. The molecule has 10 heteroatoms. The van der Waals surface area contributed by atoms with Gasteiger partial charge in [-0.25, -0.2) is 0 Å². The Labute approximate surface area is 450 Å². The monoisotopic (exact) mass is 1250 g/mol. The summed E-state index contributed by atoms with van der Waals surface area (Å²) < 4.78 is 11.2. The molecule has 334 valence electrons. The van der Waals surface area contributed by atoms with Crippen LogP contribution in [-0.4, -0.2) is 12.5 Å². The van der Waals surface area contributed by atoms with E-state index in [-0.39, 0.29) is 0 Å². The molecule has 14 aromatic rings. The van der Waals surface area contributed by atoms with Crippen LogP contribution >= 0.6 is 129 Å². The lowest BCUT2D eigenvalue weighted by Gasteiger charge is -2.09. The fourth-order valence-electron chi connectivity index (χ4n) is 9.81. The predicted octanol–water partition coefficient (Wildman–Crippen LogP) is 23.0. The highest BCUT2D eigenvalue weighted by Gasteiger charge is 2.16. The standard InChI is InChI=1S/C30H24S4.C28H16S4.I2/c1-17-7-25-11-21-9-19(27(31-3)13-23(21)15-29(25)33-17)5-6-20-10-22-12-26-8-18(2)34-30(26)16-24(22)14-28(20)32-4;1-13-3-19-5-15-7-21-25(11-17(15)9-23(19)29-13)31-28-22-8-16-6-20-4-14(2)30-24(20)10-18(16)12-26(22)32-27(21)28;1-2/h5-16H,1-4H3;3-12H,1-2H3;/b6-5+;;. The number of halogens is 2. The SMILES string of the molecule is CSc1cc2cc3sc(C)cc3cc2cc1/C=C/c1cc2cc3cc(C)sc3cc2cc1SC.Cc1cc2cc3cc4c(cc3cc2s1)sc1c2cc3cc5cc(C)sc5cc3cc2sc41.II. The topological polar surface area (TPSA) is 0 Å². The van der Waals surface area contributed by atoms with Crippen molar-refractivity contribution in [2.75, 3.05) is 12.5 Å². The molecule has 0 radical (unpaired) electrons. The fourth-order valence-corrected chi connectivity index (χ4v) is 17.5. The number of hydrogen-bond donors (Lipinski definition) is 0. The van der Waals surface area contributed by atoms with E-state index in [0.29, 0.717) is 0 Å². The normalized spacial score (nSPS) is 12.2. The molecule has 0 fully saturated rings. The molecule has 0 unspecified atom stereocenters. The first-order valence-electron chi connectivity index (χ1n) is 22.0. The van der Waals surface area contributed by atoms with Crippen molar-refractivity contribution in [1.82, 2.24) is 0 Å². The van der Waals surface area contributed by atoms with Gasteiger partial charge in [-0.05, 0) is 237 Å². The minimum absolute atomic E-state index is 1.28. The van der Waals surface area contributed by atoms with E-state index in [2.05, 4.69) is 211 Å². The van der Waals surface area contributed by atoms with Crippen molar-refractivity contribution in [3.8, 4) is 0 Å². The van der Waals surface area contributed by atoms with Gasteiger partial charge < -0.3 is 0 Å². The van der Waals surface area contributed by atoms with Gasteiger partial charge in [0.2, 0.25) is 0 Å². The van der Waals surface area contributed by atoms with Gasteiger partial charge in [-0.1, -0.05) is 12.2 Å². The molecule has 0 atom stereocenters. The Hall–Kier alpha value is -3.28. The molecule has 0 aliphatic carbocycles. The van der Waals surface area contributed by atoms with Crippen molar-refractivity contribution < 1.29 is 0 Å². The van der Waals surface area contributed by atoms with Crippen LogP contribution in [0.1, 0.15) is 30.6 Å². The molecule has 0 aliphatic heterocycles. The van der Waals surface area contributed by atoms with E-state index in [1.54, 1.807) is 0 Å². The summed E-state index contributed by atoms with van der Waals surface area (Å²) in [5.74, 6) is 0. The minimum Gasteiger partial charge on any atom is -0.141 e. The number of thiophene rings is 6. The first-order valence-corrected chi connectivity index (χ1v) is 35.7. The Morgan fingerprint density at radius 2 is 0.588 bits per heavy atom. The number of thioether (sulfide) groups is 2. The highest BCUT2D eigenvalue weighted by Crippen LogP contribution is 2.47. The summed E-state index contributed by atoms with van der Waals surface area (Å²) >= 11 is 19.3. The lowest BCUT2D eigenvalue weighted by molar-refractivity contribution is 1.46. The molecule has 8 aromatic carbocycles. The van der Waals surface area contributed by atoms with Crippen LogP contribution in [0.15, 0.2) is 131 Å². The van der Waals surface area contributed by atoms with Gasteiger partial charge in [0.1, 0.15) is 0 Å². The van der Waals surface area contributed by atoms with Gasteiger partial charge in [-0.3, -0.25) is 0 Å². The van der Waals surface area contributed by atoms with Gasteiger partial charge in [0.15, 0.2) is 0 Å². The maximum atomic E-state index is 2.42. The Kier molecular flexibility index (Phi) is 12.4. The molecule has 6 aromatic heterocycles. The van der Waals surface area contributed by atoms with E-state index in [4.69, 9.17) is 0 Å². The van der Waals surface area contributed by atoms with Crippen LogP contribution in [0.4, 0.5) is 0 Å². The summed E-state index contributed by atoms with van der Waals surface area (Å²) in [5.41, 5.74) is 2.56. The summed E-state index contributed by atoms with van der Waals surface area (Å²) in [6, 6.07) is 47.1.